The van der Waals surface area contributed by atoms with Crippen LogP contribution in [0.3, 0.4) is 0 Å². The van der Waals surface area contributed by atoms with Gasteiger partial charge in [-0.05, 0) is 36.2 Å². The lowest BCUT2D eigenvalue weighted by Gasteiger charge is -2.33. The Bertz CT molecular complexity index is 693. The normalized spacial score (nSPS) is 19.5. The largest absolute Gasteiger partial charge is 0.327 e. The van der Waals surface area contributed by atoms with Crippen molar-refractivity contribution < 1.29 is 4.79 Å². The first-order valence-corrected chi connectivity index (χ1v) is 6.53. The number of anilines is 3. The van der Waals surface area contributed by atoms with Gasteiger partial charge in [-0.25, -0.2) is 0 Å². The van der Waals surface area contributed by atoms with Gasteiger partial charge in [0.25, 0.3) is 0 Å². The fourth-order valence-electron chi connectivity index (χ4n) is 3.07. The van der Waals surface area contributed by atoms with E-state index in [9.17, 15) is 4.79 Å². The highest BCUT2D eigenvalue weighted by Gasteiger charge is 2.39. The average Bonchev–Trinajstić information content (AvgIpc) is 2.79. The molecule has 4 rings (SSSR count). The van der Waals surface area contributed by atoms with Crippen LogP contribution in [0.5, 0.6) is 0 Å². The van der Waals surface area contributed by atoms with E-state index < -0.39 is 0 Å². The number of hydrogen-bond donors (Lipinski definition) is 1. The van der Waals surface area contributed by atoms with Gasteiger partial charge >= 0.3 is 0 Å². The van der Waals surface area contributed by atoms with Gasteiger partial charge < -0.3 is 10.2 Å². The summed E-state index contributed by atoms with van der Waals surface area (Å²) in [5, 5.41) is 3.03. The molecule has 2 aliphatic rings. The number of benzene rings is 2. The Kier molecular flexibility index (Phi) is 2.01. The molecule has 2 aromatic rings. The van der Waals surface area contributed by atoms with Gasteiger partial charge in [-0.2, -0.15) is 0 Å². The Morgan fingerprint density at radius 3 is 2.89 bits per heavy atom. The summed E-state index contributed by atoms with van der Waals surface area (Å²) >= 11 is 0. The molecule has 0 aliphatic carbocycles. The van der Waals surface area contributed by atoms with Crippen LogP contribution in [0, 0.1) is 6.92 Å². The van der Waals surface area contributed by atoms with E-state index in [4.69, 9.17) is 0 Å². The summed E-state index contributed by atoms with van der Waals surface area (Å²) in [7, 11) is 0. The van der Waals surface area contributed by atoms with Crippen LogP contribution in [0.2, 0.25) is 0 Å². The molecule has 0 saturated heterocycles. The van der Waals surface area contributed by atoms with Gasteiger partial charge in [0.1, 0.15) is 6.04 Å². The minimum atomic E-state index is -0.104. The zero-order valence-corrected chi connectivity index (χ0v) is 10.7. The topological polar surface area (TPSA) is 32.3 Å². The van der Waals surface area contributed by atoms with Crippen LogP contribution in [-0.4, -0.2) is 11.9 Å². The van der Waals surface area contributed by atoms with E-state index in [0.29, 0.717) is 0 Å². The van der Waals surface area contributed by atoms with Crippen molar-refractivity contribution in [2.45, 2.75) is 19.4 Å². The van der Waals surface area contributed by atoms with Gasteiger partial charge in [0.15, 0.2) is 0 Å². The van der Waals surface area contributed by atoms with E-state index >= 15 is 0 Å². The number of nitrogens with zero attached hydrogens (tertiary/aromatic N) is 1. The predicted molar refractivity (Wildman–Crippen MR) is 75.9 cm³/mol. The van der Waals surface area contributed by atoms with Crippen molar-refractivity contribution in [3.63, 3.8) is 0 Å². The number of aryl methyl sites for hydroxylation is 1. The van der Waals surface area contributed by atoms with E-state index in [0.717, 1.165) is 29.0 Å². The first-order chi connectivity index (χ1) is 9.24. The van der Waals surface area contributed by atoms with Crippen LogP contribution < -0.4 is 10.2 Å². The maximum absolute atomic E-state index is 12.3. The van der Waals surface area contributed by atoms with Crippen molar-refractivity contribution in [2.24, 2.45) is 0 Å². The summed E-state index contributed by atoms with van der Waals surface area (Å²) in [5.41, 5.74) is 5.58. The van der Waals surface area contributed by atoms with Gasteiger partial charge in [0.2, 0.25) is 5.91 Å². The van der Waals surface area contributed by atoms with Gasteiger partial charge in [0, 0.05) is 12.1 Å². The lowest BCUT2D eigenvalue weighted by atomic mass is 10.1. The van der Waals surface area contributed by atoms with Gasteiger partial charge in [0.05, 0.1) is 11.4 Å². The molecule has 0 saturated carbocycles. The fraction of sp³-hybridized carbons (Fsp3) is 0.188. The molecule has 2 aromatic carbocycles. The molecule has 0 bridgehead atoms. The maximum Gasteiger partial charge on any atom is 0.247 e. The second kappa shape index (κ2) is 3.60. The van der Waals surface area contributed by atoms with Crippen LogP contribution in [0.1, 0.15) is 11.1 Å². The number of carbonyl (C=O) groups excluding carboxylic acids is 1. The van der Waals surface area contributed by atoms with Crippen LogP contribution >= 0.6 is 0 Å². The molecule has 0 radical (unpaired) electrons. The van der Waals surface area contributed by atoms with E-state index in [1.807, 2.05) is 25.1 Å². The Morgan fingerprint density at radius 1 is 1.16 bits per heavy atom. The smallest absolute Gasteiger partial charge is 0.247 e. The number of hydrogen-bond acceptors (Lipinski definition) is 2. The second-order valence-corrected chi connectivity index (χ2v) is 5.23. The highest BCUT2D eigenvalue weighted by molar-refractivity contribution is 6.07. The third-order valence-corrected chi connectivity index (χ3v) is 3.95. The van der Waals surface area contributed by atoms with E-state index in [1.54, 1.807) is 0 Å². The van der Waals surface area contributed by atoms with Gasteiger partial charge in [-0.1, -0.05) is 24.3 Å². The molecular formula is C16H14N2O. The fourth-order valence-corrected chi connectivity index (χ4v) is 3.07. The van der Waals surface area contributed by atoms with Crippen LogP contribution in [0.4, 0.5) is 17.1 Å². The molecule has 3 heteroatoms. The number of carbonyl (C=O) groups is 1. The van der Waals surface area contributed by atoms with Crippen molar-refractivity contribution in [1.29, 1.82) is 0 Å². The molecule has 1 atom stereocenters. The molecule has 0 aromatic heterocycles. The summed E-state index contributed by atoms with van der Waals surface area (Å²) in [6.07, 6.45) is 0.787. The van der Waals surface area contributed by atoms with Crippen LogP contribution in [0.25, 0.3) is 0 Å². The predicted octanol–water partition coefficient (Wildman–Crippen LogP) is 3.01. The SMILES string of the molecule is Cc1ccc2c(c1)NC(=O)C1Cc3ccccc3N21. The van der Waals surface area contributed by atoms with Crippen molar-refractivity contribution in [3.8, 4) is 0 Å². The monoisotopic (exact) mass is 250 g/mol. The average molecular weight is 250 g/mol. The molecular weight excluding hydrogens is 236 g/mol. The Hall–Kier alpha value is -2.29. The summed E-state index contributed by atoms with van der Waals surface area (Å²) < 4.78 is 0. The third kappa shape index (κ3) is 1.41. The standard InChI is InChI=1S/C16H14N2O/c1-10-6-7-14-12(8-10)17-16(19)15-9-11-4-2-3-5-13(11)18(14)15/h2-8,15H,9H2,1H3,(H,17,19). The molecule has 1 unspecified atom stereocenters. The highest BCUT2D eigenvalue weighted by Crippen LogP contribution is 2.44. The quantitative estimate of drug-likeness (QED) is 0.779. The van der Waals surface area contributed by atoms with Crippen molar-refractivity contribution in [1.82, 2.24) is 0 Å². The first-order valence-electron chi connectivity index (χ1n) is 6.53. The molecule has 1 N–H and O–H groups in total. The van der Waals surface area contributed by atoms with Crippen molar-refractivity contribution >= 4 is 23.0 Å². The molecule has 94 valence electrons. The Morgan fingerprint density at radius 2 is 2.00 bits per heavy atom. The van der Waals surface area contributed by atoms with E-state index in [2.05, 4.69) is 34.5 Å². The molecule has 19 heavy (non-hydrogen) atoms. The molecule has 2 heterocycles. The maximum atomic E-state index is 12.3. The Balaban J connectivity index is 1.95. The van der Waals surface area contributed by atoms with E-state index in [1.165, 1.54) is 5.56 Å². The molecule has 1 amide bonds. The second-order valence-electron chi connectivity index (χ2n) is 5.23. The summed E-state index contributed by atoms with van der Waals surface area (Å²) in [6.45, 7) is 2.04. The first kappa shape index (κ1) is 10.6. The highest BCUT2D eigenvalue weighted by atomic mass is 16.2. The summed E-state index contributed by atoms with van der Waals surface area (Å²) in [6, 6.07) is 14.4. The number of para-hydroxylation sites is 1. The van der Waals surface area contributed by atoms with Crippen molar-refractivity contribution in [2.75, 3.05) is 10.2 Å². The summed E-state index contributed by atoms with van der Waals surface area (Å²) in [4.78, 5) is 14.4. The number of rotatable bonds is 0. The number of fused-ring (bicyclic) bond motifs is 5. The van der Waals surface area contributed by atoms with Crippen LogP contribution in [0.15, 0.2) is 42.5 Å². The lowest BCUT2D eigenvalue weighted by Crippen LogP contribution is -2.43. The minimum absolute atomic E-state index is 0.0919. The van der Waals surface area contributed by atoms with Gasteiger partial charge in [-0.15, -0.1) is 0 Å². The molecule has 0 spiro atoms. The zero-order valence-electron chi connectivity index (χ0n) is 10.7. The van der Waals surface area contributed by atoms with Crippen LogP contribution in [-0.2, 0) is 11.2 Å². The van der Waals surface area contributed by atoms with E-state index in [-0.39, 0.29) is 11.9 Å². The molecule has 2 aliphatic heterocycles. The van der Waals surface area contributed by atoms with Gasteiger partial charge in [-0.3, -0.25) is 4.79 Å². The minimum Gasteiger partial charge on any atom is -0.327 e. The number of nitrogens with one attached hydrogen (secondary N) is 1. The number of amides is 1. The zero-order chi connectivity index (χ0) is 13.0. The Labute approximate surface area is 111 Å². The van der Waals surface area contributed by atoms with Crippen molar-refractivity contribution in [3.05, 3.63) is 53.6 Å². The third-order valence-electron chi connectivity index (χ3n) is 3.95. The summed E-state index contributed by atoms with van der Waals surface area (Å²) in [5.74, 6) is 0.0919. The lowest BCUT2D eigenvalue weighted by molar-refractivity contribution is -0.117. The molecule has 3 nitrogen and oxygen atoms in total. The molecule has 0 fully saturated rings.